The van der Waals surface area contributed by atoms with E-state index in [0.717, 1.165) is 22.4 Å². The summed E-state index contributed by atoms with van der Waals surface area (Å²) >= 11 is 6.27. The highest BCUT2D eigenvalue weighted by Crippen LogP contribution is 2.38. The summed E-state index contributed by atoms with van der Waals surface area (Å²) in [6.45, 7) is 2.17. The number of carbonyl (C=O) groups is 1. The fourth-order valence-electron chi connectivity index (χ4n) is 3.35. The lowest BCUT2D eigenvalue weighted by atomic mass is 9.87. The number of halogens is 1. The number of hydrogen-bond acceptors (Lipinski definition) is 3. The molecule has 4 rings (SSSR count). The van der Waals surface area contributed by atoms with Crippen LogP contribution in [0, 0.1) is 19.3 Å². The molecule has 0 saturated heterocycles. The number of benzene rings is 2. The Morgan fingerprint density at radius 1 is 1.32 bits per heavy atom. The standard InChI is InChI=1S/C22H18ClN3O2/c1-3-10-28-17-8-5-15(6-9-17)18-12-21(27)25-22-19(18)13-24-26(22)16-7-4-14(2)20(23)11-16/h1,4-9,11,13,18H,10,12H2,2H3,(H,25,27). The lowest BCUT2D eigenvalue weighted by Gasteiger charge is -2.24. The van der Waals surface area contributed by atoms with Crippen molar-refractivity contribution >= 4 is 23.3 Å². The number of hydrogen-bond donors (Lipinski definition) is 1. The first-order valence-electron chi connectivity index (χ1n) is 8.87. The summed E-state index contributed by atoms with van der Waals surface area (Å²) in [7, 11) is 0. The molecule has 28 heavy (non-hydrogen) atoms. The van der Waals surface area contributed by atoms with Crippen LogP contribution in [0.5, 0.6) is 5.75 Å². The number of terminal acetylenes is 1. The molecule has 1 amide bonds. The molecule has 5 nitrogen and oxygen atoms in total. The van der Waals surface area contributed by atoms with Gasteiger partial charge in [0.25, 0.3) is 0 Å². The molecule has 0 saturated carbocycles. The fraction of sp³-hybridized carbons (Fsp3) is 0.182. The number of amides is 1. The van der Waals surface area contributed by atoms with Crippen LogP contribution < -0.4 is 10.1 Å². The minimum atomic E-state index is -0.0832. The summed E-state index contributed by atoms with van der Waals surface area (Å²) in [5, 5.41) is 8.11. The quantitative estimate of drug-likeness (QED) is 0.674. The Kier molecular flexibility index (Phi) is 4.81. The molecule has 140 valence electrons. The van der Waals surface area contributed by atoms with Crippen LogP contribution in [0.1, 0.15) is 29.0 Å². The van der Waals surface area contributed by atoms with E-state index < -0.39 is 0 Å². The second-order valence-corrected chi connectivity index (χ2v) is 7.07. The summed E-state index contributed by atoms with van der Waals surface area (Å²) < 4.78 is 7.14. The van der Waals surface area contributed by atoms with Crippen LogP contribution in [-0.2, 0) is 4.79 Å². The van der Waals surface area contributed by atoms with E-state index in [1.54, 1.807) is 10.9 Å². The van der Waals surface area contributed by atoms with Crippen LogP contribution in [0.4, 0.5) is 5.82 Å². The maximum Gasteiger partial charge on any atom is 0.226 e. The first kappa shape index (κ1) is 18.1. The Morgan fingerprint density at radius 3 is 2.82 bits per heavy atom. The average Bonchev–Trinajstić information content (AvgIpc) is 3.12. The van der Waals surface area contributed by atoms with E-state index in [0.29, 0.717) is 23.0 Å². The van der Waals surface area contributed by atoms with Gasteiger partial charge in [0.1, 0.15) is 18.2 Å². The molecule has 0 spiro atoms. The van der Waals surface area contributed by atoms with Gasteiger partial charge in [0.05, 0.1) is 11.9 Å². The molecule has 1 aliphatic heterocycles. The van der Waals surface area contributed by atoms with Crippen molar-refractivity contribution < 1.29 is 9.53 Å². The molecule has 1 atom stereocenters. The number of nitrogens with one attached hydrogen (secondary N) is 1. The third-order valence-electron chi connectivity index (χ3n) is 4.82. The number of nitrogens with zero attached hydrogens (tertiary/aromatic N) is 2. The van der Waals surface area contributed by atoms with E-state index in [4.69, 9.17) is 22.8 Å². The second-order valence-electron chi connectivity index (χ2n) is 6.66. The zero-order valence-corrected chi connectivity index (χ0v) is 16.0. The zero-order chi connectivity index (χ0) is 19.7. The van der Waals surface area contributed by atoms with Gasteiger partial charge in [-0.25, -0.2) is 4.68 Å². The van der Waals surface area contributed by atoms with Crippen molar-refractivity contribution in [3.8, 4) is 23.8 Å². The predicted molar refractivity (Wildman–Crippen MR) is 109 cm³/mol. The fourth-order valence-corrected chi connectivity index (χ4v) is 3.52. The van der Waals surface area contributed by atoms with Crippen LogP contribution >= 0.6 is 11.6 Å². The summed E-state index contributed by atoms with van der Waals surface area (Å²) in [5.41, 5.74) is 3.77. The van der Waals surface area contributed by atoms with Gasteiger partial charge in [0, 0.05) is 22.9 Å². The van der Waals surface area contributed by atoms with Gasteiger partial charge in [-0.1, -0.05) is 35.7 Å². The van der Waals surface area contributed by atoms with Crippen LogP contribution in [0.3, 0.4) is 0 Å². The maximum atomic E-state index is 12.4. The topological polar surface area (TPSA) is 56.1 Å². The van der Waals surface area contributed by atoms with Crippen molar-refractivity contribution in [1.29, 1.82) is 0 Å². The van der Waals surface area contributed by atoms with Crippen molar-refractivity contribution in [3.05, 3.63) is 70.4 Å². The molecule has 3 aromatic rings. The van der Waals surface area contributed by atoms with Gasteiger partial charge in [-0.3, -0.25) is 4.79 Å². The Bertz CT molecular complexity index is 1080. The molecule has 0 bridgehead atoms. The number of carbonyl (C=O) groups excluding carboxylic acids is 1. The van der Waals surface area contributed by atoms with Gasteiger partial charge in [-0.2, -0.15) is 5.10 Å². The molecule has 1 aromatic heterocycles. The van der Waals surface area contributed by atoms with E-state index in [-0.39, 0.29) is 18.4 Å². The maximum absolute atomic E-state index is 12.4. The molecule has 1 unspecified atom stereocenters. The molecule has 0 aliphatic carbocycles. The number of anilines is 1. The van der Waals surface area contributed by atoms with E-state index in [1.165, 1.54) is 0 Å². The molecular weight excluding hydrogens is 374 g/mol. The molecule has 1 aliphatic rings. The molecule has 1 N–H and O–H groups in total. The van der Waals surface area contributed by atoms with Gasteiger partial charge in [-0.15, -0.1) is 6.42 Å². The SMILES string of the molecule is C#CCOc1ccc(C2CC(=O)Nc3c2cnn3-c2ccc(C)c(Cl)c2)cc1. The van der Waals surface area contributed by atoms with Crippen molar-refractivity contribution in [1.82, 2.24) is 9.78 Å². The average molecular weight is 392 g/mol. The molecule has 0 radical (unpaired) electrons. The minimum Gasteiger partial charge on any atom is -0.481 e. The highest BCUT2D eigenvalue weighted by atomic mass is 35.5. The highest BCUT2D eigenvalue weighted by molar-refractivity contribution is 6.31. The number of aryl methyl sites for hydroxylation is 1. The lowest BCUT2D eigenvalue weighted by Crippen LogP contribution is -2.24. The van der Waals surface area contributed by atoms with Gasteiger partial charge in [0.2, 0.25) is 5.91 Å². The second kappa shape index (κ2) is 7.41. The molecular formula is C22H18ClN3O2. The molecule has 2 aromatic carbocycles. The largest absolute Gasteiger partial charge is 0.481 e. The van der Waals surface area contributed by atoms with E-state index >= 15 is 0 Å². The van der Waals surface area contributed by atoms with E-state index in [9.17, 15) is 4.79 Å². The van der Waals surface area contributed by atoms with Crippen molar-refractivity contribution in [2.24, 2.45) is 0 Å². The minimum absolute atomic E-state index is 0.0508. The summed E-state index contributed by atoms with van der Waals surface area (Å²) in [6, 6.07) is 13.4. The van der Waals surface area contributed by atoms with Crippen molar-refractivity contribution in [2.75, 3.05) is 11.9 Å². The monoisotopic (exact) mass is 391 g/mol. The zero-order valence-electron chi connectivity index (χ0n) is 15.3. The van der Waals surface area contributed by atoms with Crippen LogP contribution in [0.25, 0.3) is 5.69 Å². The smallest absolute Gasteiger partial charge is 0.226 e. The van der Waals surface area contributed by atoms with Gasteiger partial charge >= 0.3 is 0 Å². The Labute approximate surface area is 168 Å². The van der Waals surface area contributed by atoms with Gasteiger partial charge in [0.15, 0.2) is 0 Å². The predicted octanol–water partition coefficient (Wildman–Crippen LogP) is 4.32. The number of rotatable bonds is 4. The molecule has 0 fully saturated rings. The number of fused-ring (bicyclic) bond motifs is 1. The first-order chi connectivity index (χ1) is 13.6. The van der Waals surface area contributed by atoms with E-state index in [1.807, 2.05) is 49.4 Å². The normalized spacial score (nSPS) is 15.5. The van der Waals surface area contributed by atoms with Gasteiger partial charge < -0.3 is 10.1 Å². The summed E-state index contributed by atoms with van der Waals surface area (Å²) in [5.74, 6) is 3.68. The van der Waals surface area contributed by atoms with Crippen molar-refractivity contribution in [2.45, 2.75) is 19.3 Å². The molecule has 6 heteroatoms. The highest BCUT2D eigenvalue weighted by Gasteiger charge is 2.30. The van der Waals surface area contributed by atoms with E-state index in [2.05, 4.69) is 16.3 Å². The summed E-state index contributed by atoms with van der Waals surface area (Å²) in [4.78, 5) is 12.4. The Balaban J connectivity index is 1.70. The third-order valence-corrected chi connectivity index (χ3v) is 5.23. The Morgan fingerprint density at radius 2 is 2.11 bits per heavy atom. The number of ether oxygens (including phenoxy) is 1. The number of aromatic nitrogens is 2. The molecule has 2 heterocycles. The first-order valence-corrected chi connectivity index (χ1v) is 9.25. The van der Waals surface area contributed by atoms with Crippen LogP contribution in [-0.4, -0.2) is 22.3 Å². The third kappa shape index (κ3) is 3.35. The van der Waals surface area contributed by atoms with Crippen molar-refractivity contribution in [3.63, 3.8) is 0 Å². The van der Waals surface area contributed by atoms with Crippen LogP contribution in [0.2, 0.25) is 5.02 Å². The summed E-state index contributed by atoms with van der Waals surface area (Å²) in [6.07, 6.45) is 7.38. The van der Waals surface area contributed by atoms with Gasteiger partial charge in [-0.05, 0) is 42.3 Å². The van der Waals surface area contributed by atoms with Crippen LogP contribution in [0.15, 0.2) is 48.7 Å². The Hall–Kier alpha value is -3.23. The lowest BCUT2D eigenvalue weighted by molar-refractivity contribution is -0.116.